The van der Waals surface area contributed by atoms with E-state index >= 15 is 0 Å². The molecule has 0 aliphatic heterocycles. The molecule has 0 unspecified atom stereocenters. The Bertz CT molecular complexity index is 1250. The Kier molecular flexibility index (Phi) is 7.82. The van der Waals surface area contributed by atoms with Crippen molar-refractivity contribution in [1.29, 1.82) is 0 Å². The second kappa shape index (κ2) is 11.0. The number of halogens is 1. The third-order valence-corrected chi connectivity index (χ3v) is 6.38. The molecule has 0 aliphatic rings. The number of thiocarbonyl (C=S) groups is 1. The molecular formula is C24H23ClN4O2S2. The number of aromatic nitrogens is 3. The van der Waals surface area contributed by atoms with Gasteiger partial charge in [-0.1, -0.05) is 36.8 Å². The van der Waals surface area contributed by atoms with Crippen molar-refractivity contribution in [2.24, 2.45) is 5.92 Å². The van der Waals surface area contributed by atoms with Gasteiger partial charge in [-0.3, -0.25) is 0 Å². The largest absolute Gasteiger partial charge is 0.485 e. The first-order chi connectivity index (χ1) is 16.0. The highest BCUT2D eigenvalue weighted by Crippen LogP contribution is 2.31. The summed E-state index contributed by atoms with van der Waals surface area (Å²) < 4.78 is 5.78. The Balaban J connectivity index is 1.50. The molecule has 0 spiro atoms. The molecule has 0 radical (unpaired) electrons. The van der Waals surface area contributed by atoms with Crippen LogP contribution in [-0.4, -0.2) is 31.5 Å². The van der Waals surface area contributed by atoms with Gasteiger partial charge in [-0.2, -0.15) is 0 Å². The molecule has 0 saturated heterocycles. The Morgan fingerprint density at radius 3 is 2.85 bits per heavy atom. The molecule has 1 atom stereocenters. The number of nitrogens with zero attached hydrogens (tertiary/aromatic N) is 3. The maximum absolute atomic E-state index is 9.27. The molecule has 0 amide bonds. The van der Waals surface area contributed by atoms with Crippen LogP contribution in [0.3, 0.4) is 0 Å². The summed E-state index contributed by atoms with van der Waals surface area (Å²) in [5, 5.41) is 16.8. The van der Waals surface area contributed by atoms with Gasteiger partial charge in [0.1, 0.15) is 29.5 Å². The van der Waals surface area contributed by atoms with Crippen molar-refractivity contribution < 1.29 is 9.84 Å². The van der Waals surface area contributed by atoms with Crippen LogP contribution < -0.4 is 10.1 Å². The zero-order valence-corrected chi connectivity index (χ0v) is 20.4. The van der Waals surface area contributed by atoms with Crippen LogP contribution in [-0.2, 0) is 13.0 Å². The molecule has 0 fully saturated rings. The summed E-state index contributed by atoms with van der Waals surface area (Å²) >= 11 is 13.5. The average molecular weight is 499 g/mol. The lowest BCUT2D eigenvalue weighted by Crippen LogP contribution is -2.09. The predicted octanol–water partition coefficient (Wildman–Crippen LogP) is 5.99. The zero-order valence-electron chi connectivity index (χ0n) is 18.0. The van der Waals surface area contributed by atoms with Crippen LogP contribution >= 0.6 is 35.2 Å². The number of thiazole rings is 1. The summed E-state index contributed by atoms with van der Waals surface area (Å²) in [4.78, 5) is 13.9. The molecule has 170 valence electrons. The van der Waals surface area contributed by atoms with Gasteiger partial charge in [0.25, 0.3) is 0 Å². The Morgan fingerprint density at radius 2 is 2.09 bits per heavy atom. The van der Waals surface area contributed by atoms with E-state index in [0.29, 0.717) is 29.6 Å². The van der Waals surface area contributed by atoms with Crippen molar-refractivity contribution in [3.63, 3.8) is 0 Å². The molecule has 4 aromatic rings. The lowest BCUT2D eigenvalue weighted by Gasteiger charge is -2.13. The lowest BCUT2D eigenvalue weighted by molar-refractivity contribution is 0.241. The first kappa shape index (κ1) is 23.5. The van der Waals surface area contributed by atoms with Crippen LogP contribution in [0.15, 0.2) is 54.3 Å². The molecule has 2 heterocycles. The first-order valence-electron chi connectivity index (χ1n) is 10.5. The Morgan fingerprint density at radius 1 is 1.21 bits per heavy atom. The zero-order chi connectivity index (χ0) is 23.2. The highest BCUT2D eigenvalue weighted by molar-refractivity contribution is 7.80. The normalized spacial score (nSPS) is 12.0. The van der Waals surface area contributed by atoms with E-state index in [9.17, 15) is 5.11 Å². The number of ether oxygens (including phenoxy) is 1. The van der Waals surface area contributed by atoms with Crippen molar-refractivity contribution in [1.82, 2.24) is 15.0 Å². The van der Waals surface area contributed by atoms with Gasteiger partial charge < -0.3 is 15.2 Å². The lowest BCUT2D eigenvalue weighted by atomic mass is 10.0. The van der Waals surface area contributed by atoms with Gasteiger partial charge in [-0.05, 0) is 53.1 Å². The highest BCUT2D eigenvalue weighted by Gasteiger charge is 2.11. The number of anilines is 2. The van der Waals surface area contributed by atoms with Crippen LogP contribution in [0.25, 0.3) is 10.9 Å². The van der Waals surface area contributed by atoms with Gasteiger partial charge in [0.15, 0.2) is 0 Å². The van der Waals surface area contributed by atoms with E-state index in [-0.39, 0.29) is 12.5 Å². The Labute approximate surface area is 206 Å². The molecule has 6 nitrogen and oxygen atoms in total. The quantitative estimate of drug-likeness (QED) is 0.260. The van der Waals surface area contributed by atoms with Crippen molar-refractivity contribution in [2.45, 2.75) is 26.4 Å². The highest BCUT2D eigenvalue weighted by atomic mass is 35.5. The molecule has 2 aromatic heterocycles. The van der Waals surface area contributed by atoms with E-state index in [1.807, 2.05) is 42.6 Å². The molecule has 0 saturated carbocycles. The topological polar surface area (TPSA) is 80.2 Å². The van der Waals surface area contributed by atoms with Crippen molar-refractivity contribution in [3.8, 4) is 5.75 Å². The van der Waals surface area contributed by atoms with Crippen LogP contribution in [0.5, 0.6) is 5.75 Å². The SMILES string of the molecule is C[C@@H](CO)CC(=S)Cc1ccc2ncnc(Nc3ccc(OCc4nccs4)c(Cl)c3)c2c1. The number of fused-ring (bicyclic) bond motifs is 1. The fraction of sp³-hybridized carbons (Fsp3) is 0.250. The standard InChI is InChI=1S/C24H23ClN4O2S2/c1-15(12-30)8-18(32)9-16-2-4-21-19(10-16)24(28-14-27-21)29-17-3-5-22(20(25)11-17)31-13-23-26-6-7-33-23/h2-7,10-11,14-15,30H,8-9,12-13H2,1H3,(H,27,28,29)/t15-/m1/s1. The van der Waals surface area contributed by atoms with Crippen LogP contribution in [0.1, 0.15) is 23.9 Å². The molecule has 33 heavy (non-hydrogen) atoms. The molecule has 4 rings (SSSR count). The Hall–Kier alpha value is -2.65. The average Bonchev–Trinajstić information content (AvgIpc) is 3.32. The van der Waals surface area contributed by atoms with Crippen molar-refractivity contribution in [3.05, 3.63) is 69.9 Å². The maximum Gasteiger partial charge on any atom is 0.141 e. The minimum atomic E-state index is 0.136. The molecule has 2 aromatic carbocycles. The second-order valence-electron chi connectivity index (χ2n) is 7.77. The number of hydrogen-bond donors (Lipinski definition) is 2. The summed E-state index contributed by atoms with van der Waals surface area (Å²) in [6.07, 6.45) is 4.67. The minimum Gasteiger partial charge on any atom is -0.485 e. The molecular weight excluding hydrogens is 476 g/mol. The summed E-state index contributed by atoms with van der Waals surface area (Å²) in [7, 11) is 0. The third kappa shape index (κ3) is 6.23. The summed E-state index contributed by atoms with van der Waals surface area (Å²) in [6.45, 7) is 2.50. The van der Waals surface area contributed by atoms with Gasteiger partial charge in [0.05, 0.1) is 10.5 Å². The van der Waals surface area contributed by atoms with Crippen LogP contribution in [0.4, 0.5) is 11.5 Å². The summed E-state index contributed by atoms with van der Waals surface area (Å²) in [5.74, 6) is 1.44. The van der Waals surface area contributed by atoms with Gasteiger partial charge >= 0.3 is 0 Å². The smallest absolute Gasteiger partial charge is 0.141 e. The maximum atomic E-state index is 9.27. The fourth-order valence-corrected chi connectivity index (χ4v) is 4.58. The molecule has 9 heteroatoms. The number of hydrogen-bond acceptors (Lipinski definition) is 8. The fourth-order valence-electron chi connectivity index (χ4n) is 3.36. The van der Waals surface area contributed by atoms with E-state index in [1.165, 1.54) is 17.7 Å². The molecule has 0 aliphatic carbocycles. The number of benzene rings is 2. The number of rotatable bonds is 10. The second-order valence-corrected chi connectivity index (χ2v) is 9.73. The molecule has 2 N–H and O–H groups in total. The summed E-state index contributed by atoms with van der Waals surface area (Å²) in [5.41, 5.74) is 2.71. The third-order valence-electron chi connectivity index (χ3n) is 5.02. The van der Waals surface area contributed by atoms with Gasteiger partial charge in [-0.25, -0.2) is 15.0 Å². The number of nitrogens with one attached hydrogen (secondary N) is 1. The number of aliphatic hydroxyl groups is 1. The minimum absolute atomic E-state index is 0.136. The van der Waals surface area contributed by atoms with Gasteiger partial charge in [-0.15, -0.1) is 11.3 Å². The van der Waals surface area contributed by atoms with Crippen LogP contribution in [0.2, 0.25) is 5.02 Å². The van der Waals surface area contributed by atoms with Crippen LogP contribution in [0, 0.1) is 5.92 Å². The predicted molar refractivity (Wildman–Crippen MR) is 138 cm³/mol. The van der Waals surface area contributed by atoms with E-state index in [1.54, 1.807) is 6.20 Å². The molecule has 0 bridgehead atoms. The van der Waals surface area contributed by atoms with E-state index in [2.05, 4.69) is 26.3 Å². The van der Waals surface area contributed by atoms with E-state index in [0.717, 1.165) is 38.4 Å². The number of aliphatic hydroxyl groups excluding tert-OH is 1. The van der Waals surface area contributed by atoms with E-state index < -0.39 is 0 Å². The first-order valence-corrected chi connectivity index (χ1v) is 12.1. The van der Waals surface area contributed by atoms with Crippen molar-refractivity contribution >= 4 is 62.4 Å². The van der Waals surface area contributed by atoms with Gasteiger partial charge in [0.2, 0.25) is 0 Å². The van der Waals surface area contributed by atoms with E-state index in [4.69, 9.17) is 28.6 Å². The van der Waals surface area contributed by atoms with Crippen molar-refractivity contribution in [2.75, 3.05) is 11.9 Å². The summed E-state index contributed by atoms with van der Waals surface area (Å²) in [6, 6.07) is 11.6. The monoisotopic (exact) mass is 498 g/mol. The van der Waals surface area contributed by atoms with Gasteiger partial charge in [0, 0.05) is 35.7 Å².